The van der Waals surface area contributed by atoms with Gasteiger partial charge in [0.1, 0.15) is 17.2 Å². The molecule has 4 aromatic rings. The standard InChI is InChI=1S/C36H46N4O4S/c1-3-4-5-6-7-8-9-10-11-12-13-17-28-43-32-22-20-29(21-23-32)34(41)35(44-33-26-24-31(42-2)25-27-33)45-36-37-38-39-40(36)30-18-15-14-16-19-30/h14-16,18-27,35H,3-13,17,28H2,1-2H3. The highest BCUT2D eigenvalue weighted by Crippen LogP contribution is 2.29. The van der Waals surface area contributed by atoms with Crippen molar-refractivity contribution in [2.45, 2.75) is 94.6 Å². The van der Waals surface area contributed by atoms with Crippen LogP contribution in [0.15, 0.2) is 84.0 Å². The Balaban J connectivity index is 1.27. The van der Waals surface area contributed by atoms with Crippen LogP contribution in [-0.2, 0) is 0 Å². The van der Waals surface area contributed by atoms with Gasteiger partial charge < -0.3 is 14.2 Å². The first kappa shape index (κ1) is 34.0. The average molecular weight is 631 g/mol. The van der Waals surface area contributed by atoms with Crippen molar-refractivity contribution < 1.29 is 19.0 Å². The van der Waals surface area contributed by atoms with Gasteiger partial charge in [-0.1, -0.05) is 95.8 Å². The van der Waals surface area contributed by atoms with Crippen LogP contribution in [-0.4, -0.2) is 45.1 Å². The molecule has 4 rings (SSSR count). The van der Waals surface area contributed by atoms with E-state index < -0.39 is 5.44 Å². The SMILES string of the molecule is CCCCCCCCCCCCCCOc1ccc(C(=O)C(Oc2ccc(OC)cc2)Sc2nnnn2-c2ccccc2)cc1. The lowest BCUT2D eigenvalue weighted by Crippen LogP contribution is -2.25. The molecule has 9 heteroatoms. The summed E-state index contributed by atoms with van der Waals surface area (Å²) in [6.07, 6.45) is 15.7. The molecule has 0 saturated carbocycles. The van der Waals surface area contributed by atoms with Crippen LogP contribution in [0.4, 0.5) is 0 Å². The van der Waals surface area contributed by atoms with Crippen molar-refractivity contribution in [2.24, 2.45) is 0 Å². The fourth-order valence-electron chi connectivity index (χ4n) is 4.97. The number of thioether (sulfide) groups is 1. The molecule has 8 nitrogen and oxygen atoms in total. The van der Waals surface area contributed by atoms with Crippen LogP contribution in [0, 0.1) is 0 Å². The Kier molecular flexibility index (Phi) is 14.8. The van der Waals surface area contributed by atoms with Crippen molar-refractivity contribution in [1.82, 2.24) is 20.2 Å². The van der Waals surface area contributed by atoms with Crippen molar-refractivity contribution in [3.05, 3.63) is 84.4 Å². The van der Waals surface area contributed by atoms with Gasteiger partial charge in [-0.2, -0.15) is 4.68 Å². The monoisotopic (exact) mass is 630 g/mol. The van der Waals surface area contributed by atoms with Crippen LogP contribution in [0.25, 0.3) is 5.69 Å². The molecule has 0 aliphatic carbocycles. The minimum absolute atomic E-state index is 0.203. The fraction of sp³-hybridized carbons (Fsp3) is 0.444. The van der Waals surface area contributed by atoms with Crippen molar-refractivity contribution in [1.29, 1.82) is 0 Å². The molecule has 0 amide bonds. The Morgan fingerprint density at radius 1 is 0.733 bits per heavy atom. The van der Waals surface area contributed by atoms with Gasteiger partial charge in [0.25, 0.3) is 0 Å². The van der Waals surface area contributed by atoms with Gasteiger partial charge in [-0.25, -0.2) is 0 Å². The van der Waals surface area contributed by atoms with Gasteiger partial charge in [0.05, 0.1) is 19.4 Å². The molecule has 1 heterocycles. The van der Waals surface area contributed by atoms with E-state index in [-0.39, 0.29) is 5.78 Å². The maximum absolute atomic E-state index is 13.8. The molecule has 0 saturated heterocycles. The Hall–Kier alpha value is -3.85. The highest BCUT2D eigenvalue weighted by atomic mass is 32.2. The topological polar surface area (TPSA) is 88.4 Å². The summed E-state index contributed by atoms with van der Waals surface area (Å²) < 4.78 is 19.0. The predicted molar refractivity (Wildman–Crippen MR) is 180 cm³/mol. The number of nitrogens with zero attached hydrogens (tertiary/aromatic N) is 4. The summed E-state index contributed by atoms with van der Waals surface area (Å²) >= 11 is 1.15. The lowest BCUT2D eigenvalue weighted by Gasteiger charge is -2.18. The van der Waals surface area contributed by atoms with Crippen LogP contribution in [0.5, 0.6) is 17.2 Å². The van der Waals surface area contributed by atoms with Crippen molar-refractivity contribution in [2.75, 3.05) is 13.7 Å². The lowest BCUT2D eigenvalue weighted by molar-refractivity contribution is 0.0891. The number of carbonyl (C=O) groups is 1. The van der Waals surface area contributed by atoms with Gasteiger partial charge in [0, 0.05) is 5.56 Å². The summed E-state index contributed by atoms with van der Waals surface area (Å²) in [6, 6.07) is 23.9. The molecule has 1 unspecified atom stereocenters. The largest absolute Gasteiger partial charge is 0.497 e. The van der Waals surface area contributed by atoms with E-state index in [0.717, 1.165) is 29.6 Å². The minimum Gasteiger partial charge on any atom is -0.497 e. The molecule has 0 spiro atoms. The molecule has 1 aromatic heterocycles. The third kappa shape index (κ3) is 11.5. The lowest BCUT2D eigenvalue weighted by atomic mass is 10.1. The zero-order valence-electron chi connectivity index (χ0n) is 26.6. The number of ketones is 1. The highest BCUT2D eigenvalue weighted by Gasteiger charge is 2.27. The first-order valence-electron chi connectivity index (χ1n) is 16.3. The number of methoxy groups -OCH3 is 1. The number of benzene rings is 3. The Morgan fingerprint density at radius 3 is 1.93 bits per heavy atom. The molecule has 45 heavy (non-hydrogen) atoms. The van der Waals surface area contributed by atoms with Gasteiger partial charge in [-0.3, -0.25) is 4.79 Å². The van der Waals surface area contributed by atoms with Crippen molar-refractivity contribution in [3.63, 3.8) is 0 Å². The summed E-state index contributed by atoms with van der Waals surface area (Å²) in [5, 5.41) is 12.6. The molecule has 0 N–H and O–H groups in total. The molecule has 0 bridgehead atoms. The smallest absolute Gasteiger partial charge is 0.218 e. The Labute approximate surface area is 271 Å². The molecule has 1 atom stereocenters. The summed E-state index contributed by atoms with van der Waals surface area (Å²) in [4.78, 5) is 13.8. The van der Waals surface area contributed by atoms with Crippen LogP contribution in [0.1, 0.15) is 94.3 Å². The molecule has 0 aliphatic heterocycles. The second-order valence-corrected chi connectivity index (χ2v) is 12.1. The number of carbonyl (C=O) groups excluding carboxylic acids is 1. The highest BCUT2D eigenvalue weighted by molar-refractivity contribution is 8.00. The molecular weight excluding hydrogens is 584 g/mol. The van der Waals surface area contributed by atoms with Crippen LogP contribution in [0.2, 0.25) is 0 Å². The zero-order chi connectivity index (χ0) is 31.5. The van der Waals surface area contributed by atoms with Crippen molar-refractivity contribution >= 4 is 17.5 Å². The van der Waals surface area contributed by atoms with E-state index in [1.165, 1.54) is 70.6 Å². The van der Waals surface area contributed by atoms with E-state index in [0.29, 0.717) is 28.8 Å². The number of aromatic nitrogens is 4. The maximum Gasteiger partial charge on any atom is 0.218 e. The van der Waals surface area contributed by atoms with E-state index in [4.69, 9.17) is 14.2 Å². The van der Waals surface area contributed by atoms with Crippen LogP contribution in [0.3, 0.4) is 0 Å². The van der Waals surface area contributed by atoms with E-state index >= 15 is 0 Å². The molecule has 0 fully saturated rings. The average Bonchev–Trinajstić information content (AvgIpc) is 3.55. The Morgan fingerprint density at radius 2 is 1.31 bits per heavy atom. The summed E-state index contributed by atoms with van der Waals surface area (Å²) in [6.45, 7) is 2.94. The first-order valence-corrected chi connectivity index (χ1v) is 17.1. The number of hydrogen-bond acceptors (Lipinski definition) is 8. The third-order valence-corrected chi connectivity index (χ3v) is 8.57. The van der Waals surface area contributed by atoms with E-state index in [1.54, 1.807) is 48.2 Å². The minimum atomic E-state index is -0.931. The van der Waals surface area contributed by atoms with Crippen LogP contribution >= 0.6 is 11.8 Å². The summed E-state index contributed by atoms with van der Waals surface area (Å²) in [5.74, 6) is 1.78. The number of ether oxygens (including phenoxy) is 3. The molecule has 0 radical (unpaired) electrons. The fourth-order valence-corrected chi connectivity index (χ4v) is 5.89. The van der Waals surface area contributed by atoms with Gasteiger partial charge >= 0.3 is 0 Å². The molecule has 3 aromatic carbocycles. The van der Waals surface area contributed by atoms with Gasteiger partial charge in [-0.15, -0.1) is 5.10 Å². The Bertz CT molecular complexity index is 1380. The predicted octanol–water partition coefficient (Wildman–Crippen LogP) is 9.13. The molecule has 0 aliphatic rings. The number of hydrogen-bond donors (Lipinski definition) is 0. The zero-order valence-corrected chi connectivity index (χ0v) is 27.4. The number of para-hydroxylation sites is 1. The molecule has 240 valence electrons. The number of tetrazole rings is 1. The number of unbranched alkanes of at least 4 members (excludes halogenated alkanes) is 11. The number of Topliss-reactive ketones (excluding diaryl/α,β-unsaturated/α-hetero) is 1. The van der Waals surface area contributed by atoms with E-state index in [1.807, 2.05) is 42.5 Å². The normalized spacial score (nSPS) is 11.7. The van der Waals surface area contributed by atoms with Gasteiger partial charge in [-0.05, 0) is 89.3 Å². The third-order valence-electron chi connectivity index (χ3n) is 7.58. The maximum atomic E-state index is 13.8. The second kappa shape index (κ2) is 19.5. The number of rotatable bonds is 22. The van der Waals surface area contributed by atoms with Gasteiger partial charge in [0.15, 0.2) is 0 Å². The van der Waals surface area contributed by atoms with Crippen LogP contribution < -0.4 is 14.2 Å². The van der Waals surface area contributed by atoms with E-state index in [9.17, 15) is 4.79 Å². The first-order chi connectivity index (χ1) is 22.2. The summed E-state index contributed by atoms with van der Waals surface area (Å²) in [5.41, 5.74) is 0.368. The van der Waals surface area contributed by atoms with E-state index in [2.05, 4.69) is 22.4 Å². The second-order valence-electron chi connectivity index (χ2n) is 11.1. The van der Waals surface area contributed by atoms with Crippen molar-refractivity contribution in [3.8, 4) is 22.9 Å². The van der Waals surface area contributed by atoms with Gasteiger partial charge in [0.2, 0.25) is 16.4 Å². The summed E-state index contributed by atoms with van der Waals surface area (Å²) in [7, 11) is 1.60. The molecular formula is C36H46N4O4S. The quantitative estimate of drug-likeness (QED) is 0.0368.